The maximum absolute atomic E-state index is 10.6. The number of hydrogen-bond donors (Lipinski definition) is 3. The van der Waals surface area contributed by atoms with Gasteiger partial charge in [-0.15, -0.1) is 0 Å². The highest BCUT2D eigenvalue weighted by Crippen LogP contribution is 2.21. The summed E-state index contributed by atoms with van der Waals surface area (Å²) in [7, 11) is 0. The van der Waals surface area contributed by atoms with Gasteiger partial charge < -0.3 is 19.9 Å². The fraction of sp³-hybridized carbons (Fsp3) is 0.583. The monoisotopic (exact) mass is 241 g/mol. The zero-order valence-corrected chi connectivity index (χ0v) is 10.6. The van der Waals surface area contributed by atoms with Crippen molar-refractivity contribution in [3.8, 4) is 0 Å². The Labute approximate surface area is 100 Å². The van der Waals surface area contributed by atoms with E-state index in [2.05, 4.69) is 5.32 Å². The minimum atomic E-state index is -1.09. The predicted octanol–water partition coefficient (Wildman–Crippen LogP) is 1.62. The molecule has 0 fully saturated rings. The third-order valence-corrected chi connectivity index (χ3v) is 3.11. The van der Waals surface area contributed by atoms with Crippen molar-refractivity contribution in [2.24, 2.45) is 0 Å². The van der Waals surface area contributed by atoms with Gasteiger partial charge in [-0.2, -0.15) is 0 Å². The maximum atomic E-state index is 10.6. The molecular weight excluding hydrogens is 222 g/mol. The number of rotatable bonds is 5. The lowest BCUT2D eigenvalue weighted by molar-refractivity contribution is -0.00609. The van der Waals surface area contributed by atoms with Crippen LogP contribution in [-0.2, 0) is 6.54 Å². The van der Waals surface area contributed by atoms with Crippen LogP contribution in [0.3, 0.4) is 0 Å². The lowest BCUT2D eigenvalue weighted by atomic mass is 9.86. The van der Waals surface area contributed by atoms with Gasteiger partial charge in [-0.25, -0.2) is 4.79 Å². The molecule has 5 heteroatoms. The number of carboxylic acids is 1. The summed E-state index contributed by atoms with van der Waals surface area (Å²) in [6.07, 6.45) is 0. The van der Waals surface area contributed by atoms with Crippen LogP contribution in [0.15, 0.2) is 16.5 Å². The second kappa shape index (κ2) is 4.50. The van der Waals surface area contributed by atoms with E-state index in [9.17, 15) is 9.90 Å². The Hall–Kier alpha value is -1.33. The normalized spacial score (nSPS) is 12.8. The smallest absolute Gasteiger partial charge is 0.371 e. The molecule has 1 heterocycles. The van der Waals surface area contributed by atoms with Crippen LogP contribution < -0.4 is 5.32 Å². The Kier molecular flexibility index (Phi) is 3.64. The number of carboxylic acid groups (broad SMARTS) is 1. The predicted molar refractivity (Wildman–Crippen MR) is 62.9 cm³/mol. The van der Waals surface area contributed by atoms with E-state index in [-0.39, 0.29) is 5.76 Å². The summed E-state index contributed by atoms with van der Waals surface area (Å²) in [5.74, 6) is -0.638. The standard InChI is InChI=1S/C12H19NO4/c1-11(2,12(3,4)16)13-7-8-5-6-9(17-8)10(14)15/h5-6,13,16H,7H2,1-4H3,(H,14,15). The minimum absolute atomic E-state index is 0.0807. The SMILES string of the molecule is CC(C)(O)C(C)(C)NCc1ccc(C(=O)O)o1. The van der Waals surface area contributed by atoms with Crippen LogP contribution in [0.4, 0.5) is 0 Å². The first kappa shape index (κ1) is 13.7. The van der Waals surface area contributed by atoms with E-state index in [0.29, 0.717) is 12.3 Å². The summed E-state index contributed by atoms with van der Waals surface area (Å²) in [6.45, 7) is 7.53. The average Bonchev–Trinajstić information content (AvgIpc) is 2.61. The van der Waals surface area contributed by atoms with Gasteiger partial charge in [-0.3, -0.25) is 0 Å². The van der Waals surface area contributed by atoms with E-state index in [1.165, 1.54) is 6.07 Å². The molecule has 0 aliphatic heterocycles. The average molecular weight is 241 g/mol. The lowest BCUT2D eigenvalue weighted by Crippen LogP contribution is -2.55. The van der Waals surface area contributed by atoms with Crippen LogP contribution >= 0.6 is 0 Å². The molecule has 0 spiro atoms. The molecule has 0 saturated heterocycles. The van der Waals surface area contributed by atoms with Crippen molar-refractivity contribution in [3.63, 3.8) is 0 Å². The number of carbonyl (C=O) groups is 1. The molecular formula is C12H19NO4. The van der Waals surface area contributed by atoms with Crippen molar-refractivity contribution in [2.75, 3.05) is 0 Å². The summed E-state index contributed by atoms with van der Waals surface area (Å²) >= 11 is 0. The Bertz CT molecular complexity index is 401. The molecule has 17 heavy (non-hydrogen) atoms. The summed E-state index contributed by atoms with van der Waals surface area (Å²) in [4.78, 5) is 10.6. The van der Waals surface area contributed by atoms with Crippen molar-refractivity contribution in [1.29, 1.82) is 0 Å². The minimum Gasteiger partial charge on any atom is -0.475 e. The molecule has 1 rings (SSSR count). The summed E-state index contributed by atoms with van der Waals surface area (Å²) in [5, 5.41) is 21.8. The topological polar surface area (TPSA) is 82.7 Å². The van der Waals surface area contributed by atoms with Crippen LogP contribution in [0.2, 0.25) is 0 Å². The molecule has 3 N–H and O–H groups in total. The van der Waals surface area contributed by atoms with Crippen LogP contribution in [0.25, 0.3) is 0 Å². The molecule has 0 aromatic carbocycles. The van der Waals surface area contributed by atoms with Gasteiger partial charge in [0.15, 0.2) is 0 Å². The van der Waals surface area contributed by atoms with Gasteiger partial charge in [0.25, 0.3) is 0 Å². The molecule has 0 unspecified atom stereocenters. The van der Waals surface area contributed by atoms with Gasteiger partial charge >= 0.3 is 5.97 Å². The maximum Gasteiger partial charge on any atom is 0.371 e. The van der Waals surface area contributed by atoms with Gasteiger partial charge in [0, 0.05) is 5.54 Å². The quantitative estimate of drug-likeness (QED) is 0.729. The molecule has 5 nitrogen and oxygen atoms in total. The Balaban J connectivity index is 2.64. The number of aromatic carboxylic acids is 1. The first-order valence-electron chi connectivity index (χ1n) is 5.43. The van der Waals surface area contributed by atoms with Gasteiger partial charge in [0.2, 0.25) is 5.76 Å². The molecule has 0 aliphatic carbocycles. The van der Waals surface area contributed by atoms with Gasteiger partial charge in [-0.1, -0.05) is 0 Å². The van der Waals surface area contributed by atoms with E-state index < -0.39 is 17.1 Å². The van der Waals surface area contributed by atoms with E-state index in [0.717, 1.165) is 0 Å². The lowest BCUT2D eigenvalue weighted by Gasteiger charge is -2.38. The molecule has 0 bridgehead atoms. The highest BCUT2D eigenvalue weighted by Gasteiger charge is 2.34. The zero-order valence-electron chi connectivity index (χ0n) is 10.6. The molecule has 0 atom stereocenters. The van der Waals surface area contributed by atoms with Crippen LogP contribution in [0.5, 0.6) is 0 Å². The molecule has 0 radical (unpaired) electrons. The second-order valence-electron chi connectivity index (χ2n) is 5.11. The first-order chi connectivity index (χ1) is 7.63. The Morgan fingerprint density at radius 2 is 1.94 bits per heavy atom. The molecule has 1 aromatic heterocycles. The highest BCUT2D eigenvalue weighted by atomic mass is 16.4. The molecule has 0 saturated carbocycles. The van der Waals surface area contributed by atoms with Crippen LogP contribution in [0, 0.1) is 0 Å². The van der Waals surface area contributed by atoms with Crippen molar-refractivity contribution in [1.82, 2.24) is 5.32 Å². The number of aliphatic hydroxyl groups is 1. The molecule has 96 valence electrons. The highest BCUT2D eigenvalue weighted by molar-refractivity contribution is 5.84. The molecule has 1 aromatic rings. The third-order valence-electron chi connectivity index (χ3n) is 3.11. The van der Waals surface area contributed by atoms with Crippen molar-refractivity contribution >= 4 is 5.97 Å². The summed E-state index contributed by atoms with van der Waals surface area (Å²) in [5.41, 5.74) is -1.40. The van der Waals surface area contributed by atoms with Gasteiger partial charge in [-0.05, 0) is 39.8 Å². The number of hydrogen-bond acceptors (Lipinski definition) is 4. The summed E-state index contributed by atoms with van der Waals surface area (Å²) < 4.78 is 5.11. The Morgan fingerprint density at radius 1 is 1.35 bits per heavy atom. The van der Waals surface area contributed by atoms with E-state index >= 15 is 0 Å². The van der Waals surface area contributed by atoms with E-state index in [4.69, 9.17) is 9.52 Å². The van der Waals surface area contributed by atoms with Gasteiger partial charge in [0.05, 0.1) is 12.1 Å². The van der Waals surface area contributed by atoms with Crippen molar-refractivity contribution < 1.29 is 19.4 Å². The first-order valence-corrected chi connectivity index (χ1v) is 5.43. The van der Waals surface area contributed by atoms with E-state index in [1.807, 2.05) is 13.8 Å². The number of nitrogens with one attached hydrogen (secondary N) is 1. The van der Waals surface area contributed by atoms with Gasteiger partial charge in [0.1, 0.15) is 5.76 Å². The molecule has 0 amide bonds. The largest absolute Gasteiger partial charge is 0.475 e. The van der Waals surface area contributed by atoms with Crippen molar-refractivity contribution in [3.05, 3.63) is 23.7 Å². The second-order valence-corrected chi connectivity index (χ2v) is 5.11. The van der Waals surface area contributed by atoms with Crippen LogP contribution in [-0.4, -0.2) is 27.3 Å². The van der Waals surface area contributed by atoms with Crippen LogP contribution in [0.1, 0.15) is 44.0 Å². The number of furan rings is 1. The summed E-state index contributed by atoms with van der Waals surface area (Å²) in [6, 6.07) is 3.02. The van der Waals surface area contributed by atoms with Crippen molar-refractivity contribution in [2.45, 2.75) is 45.4 Å². The molecule has 0 aliphatic rings. The zero-order chi connectivity index (χ0) is 13.3. The third kappa shape index (κ3) is 3.31. The fourth-order valence-corrected chi connectivity index (χ4v) is 1.11. The fourth-order valence-electron chi connectivity index (χ4n) is 1.11. The Morgan fingerprint density at radius 3 is 2.35 bits per heavy atom. The van der Waals surface area contributed by atoms with E-state index in [1.54, 1.807) is 19.9 Å².